The number of rotatable bonds is 70. The molecule has 19 heteroatoms. The maximum atomic E-state index is 13.0. The Labute approximate surface area is 549 Å². The quantitative estimate of drug-likeness (QED) is 0.0222. The zero-order chi connectivity index (χ0) is 66.5. The van der Waals surface area contributed by atoms with E-state index in [-0.39, 0.29) is 25.7 Å². The van der Waals surface area contributed by atoms with Gasteiger partial charge >= 0.3 is 39.5 Å². The van der Waals surface area contributed by atoms with Gasteiger partial charge in [0.05, 0.1) is 26.4 Å². The maximum absolute atomic E-state index is 13.0. The lowest BCUT2D eigenvalue weighted by molar-refractivity contribution is -0.161. The molecular weight excluding hydrogens is 1190 g/mol. The summed E-state index contributed by atoms with van der Waals surface area (Å²) in [7, 11) is -9.90. The SMILES string of the molecule is CCCCCCCCCCCCCCCCCCCC(=O)O[C@H](COC(=O)CCCCCCCCCCCCCCC(C)C)COP(=O)(O)OC[C@@H](O)COP(=O)(O)OC[C@@H](COC(=O)CCCCCCCCC)OC(=O)CCCCCCCCCCC(C)C. The van der Waals surface area contributed by atoms with Crippen LogP contribution >= 0.6 is 15.6 Å². The number of phosphoric acid groups is 2. The average molecular weight is 1330 g/mol. The Morgan fingerprint density at radius 2 is 0.511 bits per heavy atom. The topological polar surface area (TPSA) is 237 Å². The van der Waals surface area contributed by atoms with Crippen molar-refractivity contribution in [3.05, 3.63) is 0 Å². The van der Waals surface area contributed by atoms with E-state index >= 15 is 0 Å². The van der Waals surface area contributed by atoms with Crippen LogP contribution in [0.1, 0.15) is 363 Å². The molecule has 0 spiro atoms. The second kappa shape index (κ2) is 63.1. The number of carbonyl (C=O) groups excluding carboxylic acids is 4. The first kappa shape index (κ1) is 88.1. The molecule has 0 aliphatic carbocycles. The van der Waals surface area contributed by atoms with Gasteiger partial charge in [-0.15, -0.1) is 0 Å². The van der Waals surface area contributed by atoms with Gasteiger partial charge in [-0.3, -0.25) is 37.3 Å². The lowest BCUT2D eigenvalue weighted by Crippen LogP contribution is -2.30. The van der Waals surface area contributed by atoms with Crippen molar-refractivity contribution in [2.24, 2.45) is 11.8 Å². The Bertz CT molecular complexity index is 1750. The average Bonchev–Trinajstić information content (AvgIpc) is 3.71. The van der Waals surface area contributed by atoms with E-state index < -0.39 is 97.5 Å². The minimum atomic E-state index is -4.95. The van der Waals surface area contributed by atoms with Gasteiger partial charge in [-0.2, -0.15) is 0 Å². The summed E-state index contributed by atoms with van der Waals surface area (Å²) in [4.78, 5) is 72.4. The van der Waals surface area contributed by atoms with Gasteiger partial charge in [0.25, 0.3) is 0 Å². The van der Waals surface area contributed by atoms with Crippen molar-refractivity contribution in [2.75, 3.05) is 39.6 Å². The van der Waals surface area contributed by atoms with Gasteiger partial charge in [0.2, 0.25) is 0 Å². The number of unbranched alkanes of at least 4 members (excludes halogenated alkanes) is 40. The highest BCUT2D eigenvalue weighted by Crippen LogP contribution is 2.45. The molecular formula is C71H138O17P2. The number of hydrogen-bond acceptors (Lipinski definition) is 15. The molecule has 0 aliphatic rings. The van der Waals surface area contributed by atoms with Crippen molar-refractivity contribution in [2.45, 2.75) is 381 Å². The molecule has 0 aromatic heterocycles. The third-order valence-corrected chi connectivity index (χ3v) is 18.4. The van der Waals surface area contributed by atoms with Gasteiger partial charge in [-0.25, -0.2) is 9.13 Å². The van der Waals surface area contributed by atoms with Crippen molar-refractivity contribution in [1.82, 2.24) is 0 Å². The van der Waals surface area contributed by atoms with E-state index in [9.17, 15) is 43.2 Å². The molecule has 0 fully saturated rings. The predicted octanol–water partition coefficient (Wildman–Crippen LogP) is 20.4. The second-order valence-corrected chi connectivity index (χ2v) is 29.5. The molecule has 0 heterocycles. The molecule has 0 aliphatic heterocycles. The van der Waals surface area contributed by atoms with Gasteiger partial charge in [-0.05, 0) is 37.5 Å². The van der Waals surface area contributed by atoms with Crippen LogP contribution in [0, 0.1) is 11.8 Å². The van der Waals surface area contributed by atoms with E-state index in [0.717, 1.165) is 115 Å². The maximum Gasteiger partial charge on any atom is 0.472 e. The standard InChI is InChI=1S/C71H138O17P2/c1-7-9-11-13-15-16-17-18-19-20-21-22-27-30-37-43-49-55-70(75)87-67(60-82-69(74)54-48-42-36-29-26-24-23-25-28-34-39-45-51-63(3)4)62-86-90(79,80)84-58-65(72)57-83-89(77,78)85-61-66(59-81-68(73)53-47-41-33-14-12-10-8-2)88-71(76)56-50-44-38-32-31-35-40-46-52-64(5)6/h63-67,72H,7-62H2,1-6H3,(H,77,78)(H,79,80)/t65-,66+,67+/m0/s1. The van der Waals surface area contributed by atoms with Crippen molar-refractivity contribution in [1.29, 1.82) is 0 Å². The molecule has 0 aromatic rings. The van der Waals surface area contributed by atoms with Crippen molar-refractivity contribution >= 4 is 39.5 Å². The van der Waals surface area contributed by atoms with E-state index in [2.05, 4.69) is 41.5 Å². The van der Waals surface area contributed by atoms with Gasteiger partial charge in [-0.1, -0.05) is 311 Å². The van der Waals surface area contributed by atoms with E-state index in [1.54, 1.807) is 0 Å². The molecule has 5 atom stereocenters. The molecule has 0 radical (unpaired) electrons. The molecule has 534 valence electrons. The number of ether oxygens (including phenoxy) is 4. The van der Waals surface area contributed by atoms with E-state index in [4.69, 9.17) is 37.0 Å². The molecule has 0 saturated carbocycles. The van der Waals surface area contributed by atoms with Crippen LogP contribution in [0.25, 0.3) is 0 Å². The summed E-state index contributed by atoms with van der Waals surface area (Å²) in [5, 5.41) is 10.6. The molecule has 0 rings (SSSR count). The number of esters is 4. The van der Waals surface area contributed by atoms with E-state index in [0.29, 0.717) is 25.7 Å². The van der Waals surface area contributed by atoms with Gasteiger partial charge < -0.3 is 33.8 Å². The lowest BCUT2D eigenvalue weighted by atomic mass is 10.0. The lowest BCUT2D eigenvalue weighted by Gasteiger charge is -2.21. The van der Waals surface area contributed by atoms with E-state index in [1.165, 1.54) is 167 Å². The zero-order valence-corrected chi connectivity index (χ0v) is 60.2. The van der Waals surface area contributed by atoms with Crippen LogP contribution < -0.4 is 0 Å². The number of phosphoric ester groups is 2. The summed E-state index contributed by atoms with van der Waals surface area (Å²) in [6.45, 7) is 9.49. The monoisotopic (exact) mass is 1320 g/mol. The number of aliphatic hydroxyl groups is 1. The van der Waals surface area contributed by atoms with Crippen LogP contribution in [0.3, 0.4) is 0 Å². The second-order valence-electron chi connectivity index (χ2n) is 26.6. The van der Waals surface area contributed by atoms with Crippen LogP contribution in [-0.4, -0.2) is 96.7 Å². The highest BCUT2D eigenvalue weighted by molar-refractivity contribution is 7.47. The number of aliphatic hydroxyl groups excluding tert-OH is 1. The molecule has 0 aromatic carbocycles. The Hall–Kier alpha value is -1.94. The number of hydrogen-bond donors (Lipinski definition) is 3. The molecule has 0 bridgehead atoms. The molecule has 3 N–H and O–H groups in total. The fraction of sp³-hybridized carbons (Fsp3) is 0.944. The Balaban J connectivity index is 5.20. The van der Waals surface area contributed by atoms with Gasteiger partial charge in [0.15, 0.2) is 12.2 Å². The predicted molar refractivity (Wildman–Crippen MR) is 363 cm³/mol. The van der Waals surface area contributed by atoms with Crippen LogP contribution in [0.15, 0.2) is 0 Å². The fourth-order valence-electron chi connectivity index (χ4n) is 10.8. The third-order valence-electron chi connectivity index (χ3n) is 16.5. The summed E-state index contributed by atoms with van der Waals surface area (Å²) in [6, 6.07) is 0. The van der Waals surface area contributed by atoms with Gasteiger partial charge in [0, 0.05) is 25.7 Å². The molecule has 90 heavy (non-hydrogen) atoms. The Morgan fingerprint density at radius 1 is 0.300 bits per heavy atom. The largest absolute Gasteiger partial charge is 0.472 e. The fourth-order valence-corrected chi connectivity index (χ4v) is 12.3. The first-order chi connectivity index (χ1) is 43.4. The third kappa shape index (κ3) is 64.8. The van der Waals surface area contributed by atoms with Crippen molar-refractivity contribution in [3.63, 3.8) is 0 Å². The molecule has 2 unspecified atom stereocenters. The first-order valence-corrected chi connectivity index (χ1v) is 40.0. The Morgan fingerprint density at radius 3 is 0.756 bits per heavy atom. The summed E-state index contributed by atoms with van der Waals surface area (Å²) in [6.07, 6.45) is 48.7. The normalized spacial score (nSPS) is 14.1. The zero-order valence-electron chi connectivity index (χ0n) is 58.4. The smallest absolute Gasteiger partial charge is 0.462 e. The highest BCUT2D eigenvalue weighted by atomic mass is 31.2. The van der Waals surface area contributed by atoms with Crippen LogP contribution in [0.4, 0.5) is 0 Å². The minimum Gasteiger partial charge on any atom is -0.462 e. The summed E-state index contributed by atoms with van der Waals surface area (Å²) >= 11 is 0. The van der Waals surface area contributed by atoms with Crippen LogP contribution in [0.2, 0.25) is 0 Å². The van der Waals surface area contributed by atoms with Crippen molar-refractivity contribution < 1.29 is 80.2 Å². The van der Waals surface area contributed by atoms with Gasteiger partial charge in [0.1, 0.15) is 19.3 Å². The van der Waals surface area contributed by atoms with Crippen molar-refractivity contribution in [3.8, 4) is 0 Å². The van der Waals surface area contributed by atoms with Crippen LogP contribution in [-0.2, 0) is 65.4 Å². The van der Waals surface area contributed by atoms with E-state index in [1.807, 2.05) is 0 Å². The highest BCUT2D eigenvalue weighted by Gasteiger charge is 2.30. The summed E-state index contributed by atoms with van der Waals surface area (Å²) in [5.41, 5.74) is 0. The molecule has 0 amide bonds. The molecule has 17 nitrogen and oxygen atoms in total. The summed E-state index contributed by atoms with van der Waals surface area (Å²) in [5.74, 6) is -0.627. The Kier molecular flexibility index (Phi) is 61.8. The van der Waals surface area contributed by atoms with Crippen LogP contribution in [0.5, 0.6) is 0 Å². The first-order valence-electron chi connectivity index (χ1n) is 37.0. The minimum absolute atomic E-state index is 0.104. The summed E-state index contributed by atoms with van der Waals surface area (Å²) < 4.78 is 68.2. The number of carbonyl (C=O) groups is 4. The molecule has 0 saturated heterocycles.